The highest BCUT2D eigenvalue weighted by Gasteiger charge is 2.12. The van der Waals surface area contributed by atoms with Crippen LogP contribution < -0.4 is 0 Å². The van der Waals surface area contributed by atoms with Crippen LogP contribution in [0, 0.1) is 5.82 Å². The Balaban J connectivity index is 2.21. The second kappa shape index (κ2) is 6.74. The van der Waals surface area contributed by atoms with Crippen molar-refractivity contribution in [3.05, 3.63) is 68.9 Å². The van der Waals surface area contributed by atoms with Gasteiger partial charge in [-0.2, -0.15) is 0 Å². The minimum absolute atomic E-state index is 0.153. The molecule has 2 aromatic rings. The molecule has 0 bridgehead atoms. The summed E-state index contributed by atoms with van der Waals surface area (Å²) in [5.74, 6) is 0.293. The van der Waals surface area contributed by atoms with E-state index in [0.29, 0.717) is 5.88 Å². The first kappa shape index (κ1) is 14.8. The number of alkyl halides is 1. The summed E-state index contributed by atoms with van der Waals surface area (Å²) < 4.78 is 14.2. The molecule has 0 fully saturated rings. The van der Waals surface area contributed by atoms with Gasteiger partial charge in [0.2, 0.25) is 0 Å². The van der Waals surface area contributed by atoms with Gasteiger partial charge in [-0.3, -0.25) is 0 Å². The SMILES string of the molecule is Fc1ccc(CC(CCl)c2cccc(Br)c2)cc1Cl. The predicted molar refractivity (Wildman–Crippen MR) is 82.7 cm³/mol. The number of hydrogen-bond acceptors (Lipinski definition) is 0. The van der Waals surface area contributed by atoms with E-state index in [4.69, 9.17) is 23.2 Å². The second-order valence-corrected chi connectivity index (χ2v) is 5.99. The molecule has 0 nitrogen and oxygen atoms in total. The molecule has 0 aliphatic carbocycles. The van der Waals surface area contributed by atoms with Gasteiger partial charge in [0.25, 0.3) is 0 Å². The molecule has 0 aliphatic heterocycles. The molecule has 100 valence electrons. The van der Waals surface area contributed by atoms with Gasteiger partial charge in [0.05, 0.1) is 5.02 Å². The van der Waals surface area contributed by atoms with E-state index < -0.39 is 5.82 Å². The highest BCUT2D eigenvalue weighted by molar-refractivity contribution is 9.10. The molecule has 0 radical (unpaired) electrons. The number of hydrogen-bond donors (Lipinski definition) is 0. The summed E-state index contributed by atoms with van der Waals surface area (Å²) in [6, 6.07) is 12.9. The molecule has 0 spiro atoms. The van der Waals surface area contributed by atoms with Gasteiger partial charge in [-0.25, -0.2) is 4.39 Å². The topological polar surface area (TPSA) is 0 Å². The third kappa shape index (κ3) is 3.95. The molecule has 0 saturated carbocycles. The minimum Gasteiger partial charge on any atom is -0.205 e. The van der Waals surface area contributed by atoms with E-state index in [1.165, 1.54) is 6.07 Å². The monoisotopic (exact) mass is 360 g/mol. The molecule has 0 aliphatic rings. The summed E-state index contributed by atoms with van der Waals surface area (Å²) in [7, 11) is 0. The maximum atomic E-state index is 13.1. The van der Waals surface area contributed by atoms with Crippen LogP contribution >= 0.6 is 39.1 Å². The number of rotatable bonds is 4. The predicted octanol–water partition coefficient (Wildman–Crippen LogP) is 5.81. The molecule has 0 aromatic heterocycles. The zero-order valence-corrected chi connectivity index (χ0v) is 13.1. The molecule has 0 saturated heterocycles. The van der Waals surface area contributed by atoms with Gasteiger partial charge in [0.1, 0.15) is 5.82 Å². The van der Waals surface area contributed by atoms with Gasteiger partial charge >= 0.3 is 0 Å². The third-order valence-electron chi connectivity index (χ3n) is 2.97. The number of benzene rings is 2. The van der Waals surface area contributed by atoms with Crippen molar-refractivity contribution >= 4 is 39.1 Å². The first-order valence-corrected chi connectivity index (χ1v) is 7.56. The number of halogens is 4. The lowest BCUT2D eigenvalue weighted by atomic mass is 9.93. The van der Waals surface area contributed by atoms with E-state index in [1.54, 1.807) is 12.1 Å². The van der Waals surface area contributed by atoms with E-state index in [1.807, 2.05) is 18.2 Å². The fourth-order valence-corrected chi connectivity index (χ4v) is 2.88. The smallest absolute Gasteiger partial charge is 0.141 e. The second-order valence-electron chi connectivity index (χ2n) is 4.36. The summed E-state index contributed by atoms with van der Waals surface area (Å²) in [5, 5.41) is 0.153. The van der Waals surface area contributed by atoms with Crippen LogP contribution in [0.2, 0.25) is 5.02 Å². The lowest BCUT2D eigenvalue weighted by Gasteiger charge is -2.15. The molecule has 0 heterocycles. The highest BCUT2D eigenvalue weighted by Crippen LogP contribution is 2.26. The van der Waals surface area contributed by atoms with Crippen LogP contribution in [0.1, 0.15) is 17.0 Å². The Morgan fingerprint density at radius 3 is 2.58 bits per heavy atom. The molecule has 0 amide bonds. The fraction of sp³-hybridized carbons (Fsp3) is 0.200. The normalized spacial score (nSPS) is 12.4. The maximum absolute atomic E-state index is 13.1. The van der Waals surface area contributed by atoms with Crippen LogP contribution in [-0.4, -0.2) is 5.88 Å². The van der Waals surface area contributed by atoms with Crippen LogP contribution in [-0.2, 0) is 6.42 Å². The van der Waals surface area contributed by atoms with Crippen LogP contribution in [0.4, 0.5) is 4.39 Å². The zero-order valence-electron chi connectivity index (χ0n) is 10.0. The van der Waals surface area contributed by atoms with Gasteiger partial charge in [-0.15, -0.1) is 11.6 Å². The Morgan fingerprint density at radius 1 is 1.16 bits per heavy atom. The lowest BCUT2D eigenvalue weighted by molar-refractivity contribution is 0.626. The van der Waals surface area contributed by atoms with Crippen LogP contribution in [0.3, 0.4) is 0 Å². The van der Waals surface area contributed by atoms with E-state index in [9.17, 15) is 4.39 Å². The first-order valence-electron chi connectivity index (χ1n) is 5.85. The fourth-order valence-electron chi connectivity index (χ4n) is 1.97. The van der Waals surface area contributed by atoms with Crippen molar-refractivity contribution in [3.63, 3.8) is 0 Å². The lowest BCUT2D eigenvalue weighted by Crippen LogP contribution is -2.05. The molecule has 19 heavy (non-hydrogen) atoms. The van der Waals surface area contributed by atoms with Crippen LogP contribution in [0.15, 0.2) is 46.9 Å². The first-order chi connectivity index (χ1) is 9.10. The minimum atomic E-state index is -0.393. The molecular weight excluding hydrogens is 350 g/mol. The zero-order chi connectivity index (χ0) is 13.8. The Morgan fingerprint density at radius 2 is 1.95 bits per heavy atom. The van der Waals surface area contributed by atoms with E-state index in [-0.39, 0.29) is 10.9 Å². The molecular formula is C15H12BrCl2F. The van der Waals surface area contributed by atoms with Crippen molar-refractivity contribution in [3.8, 4) is 0 Å². The highest BCUT2D eigenvalue weighted by atomic mass is 79.9. The van der Waals surface area contributed by atoms with Crippen LogP contribution in [0.25, 0.3) is 0 Å². The summed E-state index contributed by atoms with van der Waals surface area (Å²) in [5.41, 5.74) is 2.14. The van der Waals surface area contributed by atoms with Gasteiger partial charge in [-0.05, 0) is 41.8 Å². The molecule has 4 heteroatoms. The Bertz CT molecular complexity index is 572. The third-order valence-corrected chi connectivity index (χ3v) is 4.13. The van der Waals surface area contributed by atoms with Gasteiger partial charge in [0, 0.05) is 16.3 Å². The van der Waals surface area contributed by atoms with Gasteiger partial charge in [-0.1, -0.05) is 45.7 Å². The van der Waals surface area contributed by atoms with Crippen LogP contribution in [0.5, 0.6) is 0 Å². The molecule has 2 aromatic carbocycles. The van der Waals surface area contributed by atoms with Gasteiger partial charge in [0.15, 0.2) is 0 Å². The van der Waals surface area contributed by atoms with E-state index in [2.05, 4.69) is 22.0 Å². The summed E-state index contributed by atoms with van der Waals surface area (Å²) in [6.07, 6.45) is 0.736. The van der Waals surface area contributed by atoms with Gasteiger partial charge < -0.3 is 0 Å². The largest absolute Gasteiger partial charge is 0.205 e. The van der Waals surface area contributed by atoms with Crippen molar-refractivity contribution in [1.82, 2.24) is 0 Å². The summed E-state index contributed by atoms with van der Waals surface area (Å²) in [6.45, 7) is 0. The standard InChI is InChI=1S/C15H12BrCl2F/c16-13-3-1-2-11(8-13)12(9-17)6-10-4-5-15(19)14(18)7-10/h1-5,7-8,12H,6,9H2. The Labute approximate surface area is 130 Å². The van der Waals surface area contributed by atoms with Crippen molar-refractivity contribution in [1.29, 1.82) is 0 Å². The molecule has 1 atom stereocenters. The van der Waals surface area contributed by atoms with E-state index in [0.717, 1.165) is 22.0 Å². The van der Waals surface area contributed by atoms with Crippen molar-refractivity contribution in [2.45, 2.75) is 12.3 Å². The average Bonchev–Trinajstić information content (AvgIpc) is 2.40. The molecule has 0 N–H and O–H groups in total. The van der Waals surface area contributed by atoms with E-state index >= 15 is 0 Å². The van der Waals surface area contributed by atoms with Crippen molar-refractivity contribution in [2.24, 2.45) is 0 Å². The molecule has 2 rings (SSSR count). The Kier molecular flexibility index (Phi) is 5.26. The average molecular weight is 362 g/mol. The molecule has 1 unspecified atom stereocenters. The van der Waals surface area contributed by atoms with Crippen molar-refractivity contribution < 1.29 is 4.39 Å². The quantitative estimate of drug-likeness (QED) is 0.603. The maximum Gasteiger partial charge on any atom is 0.141 e. The Hall–Kier alpha value is -0.570. The summed E-state index contributed by atoms with van der Waals surface area (Å²) >= 11 is 15.3. The summed E-state index contributed by atoms with van der Waals surface area (Å²) in [4.78, 5) is 0. The van der Waals surface area contributed by atoms with Crippen molar-refractivity contribution in [2.75, 3.05) is 5.88 Å².